The van der Waals surface area contributed by atoms with Crippen LogP contribution in [-0.2, 0) is 17.9 Å². The lowest BCUT2D eigenvalue weighted by Crippen LogP contribution is -2.32. The van der Waals surface area contributed by atoms with Crippen LogP contribution in [0.5, 0.6) is 0 Å². The second-order valence-corrected chi connectivity index (χ2v) is 8.44. The smallest absolute Gasteiger partial charge is 0.201 e. The number of rotatable bonds is 1. The molecule has 0 saturated heterocycles. The molecule has 0 atom stereocenters. The number of hydrogen-bond donors (Lipinski definition) is 0. The van der Waals surface area contributed by atoms with E-state index >= 15 is 0 Å². The Morgan fingerprint density at radius 3 is 1.82 bits per heavy atom. The molecule has 0 saturated carbocycles. The van der Waals surface area contributed by atoms with Gasteiger partial charge in [-0.25, -0.2) is 4.57 Å². The van der Waals surface area contributed by atoms with E-state index in [9.17, 15) is 0 Å². The zero-order valence-electron chi connectivity index (χ0n) is 15.4. The lowest BCUT2D eigenvalue weighted by Gasteiger charge is -2.21. The van der Waals surface area contributed by atoms with Gasteiger partial charge in [0.25, 0.3) is 0 Å². The Balaban J connectivity index is 2.57. The summed E-state index contributed by atoms with van der Waals surface area (Å²) in [4.78, 5) is 0. The van der Waals surface area contributed by atoms with Gasteiger partial charge in [0.15, 0.2) is 6.20 Å². The Morgan fingerprint density at radius 1 is 0.773 bits per heavy atom. The largest absolute Gasteiger partial charge is 0.212 e. The molecule has 2 rings (SSSR count). The van der Waals surface area contributed by atoms with E-state index in [0.29, 0.717) is 0 Å². The summed E-state index contributed by atoms with van der Waals surface area (Å²) in [5.74, 6) is 0. The van der Waals surface area contributed by atoms with Crippen LogP contribution in [0.4, 0.5) is 0 Å². The summed E-state index contributed by atoms with van der Waals surface area (Å²) in [7, 11) is 2.12. The molecule has 0 unspecified atom stereocenters. The van der Waals surface area contributed by atoms with Gasteiger partial charge in [0.05, 0.1) is 0 Å². The highest BCUT2D eigenvalue weighted by molar-refractivity contribution is 5.62. The van der Waals surface area contributed by atoms with E-state index in [1.165, 1.54) is 27.9 Å². The van der Waals surface area contributed by atoms with Gasteiger partial charge in [-0.3, -0.25) is 0 Å². The maximum atomic E-state index is 2.33. The molecule has 1 nitrogen and oxygen atoms in total. The average Bonchev–Trinajstić information content (AvgIpc) is 2.37. The number of pyridine rings is 1. The van der Waals surface area contributed by atoms with Crippen LogP contribution >= 0.6 is 0 Å². The van der Waals surface area contributed by atoms with Gasteiger partial charge in [-0.1, -0.05) is 53.7 Å². The fourth-order valence-electron chi connectivity index (χ4n) is 2.72. The number of aryl methyl sites for hydroxylation is 2. The zero-order chi connectivity index (χ0) is 16.7. The van der Waals surface area contributed by atoms with E-state index in [1.807, 2.05) is 0 Å². The Labute approximate surface area is 136 Å². The zero-order valence-corrected chi connectivity index (χ0v) is 15.4. The standard InChI is InChI=1S/C21H30N/c1-15-13-16(20(2,3)4)9-10-18(15)19-14-17(21(5,6)7)11-12-22(19)8/h9-14H,1-8H3/q+1. The molecule has 0 spiro atoms. The molecule has 0 fully saturated rings. The average molecular weight is 296 g/mol. The van der Waals surface area contributed by atoms with Crippen molar-refractivity contribution in [2.24, 2.45) is 7.05 Å². The van der Waals surface area contributed by atoms with Crippen molar-refractivity contribution in [1.82, 2.24) is 0 Å². The monoisotopic (exact) mass is 296 g/mol. The molecule has 0 aliphatic heterocycles. The highest BCUT2D eigenvalue weighted by Crippen LogP contribution is 2.30. The van der Waals surface area contributed by atoms with Crippen molar-refractivity contribution in [2.75, 3.05) is 0 Å². The maximum Gasteiger partial charge on any atom is 0.212 e. The van der Waals surface area contributed by atoms with Crippen LogP contribution in [0.2, 0.25) is 0 Å². The van der Waals surface area contributed by atoms with Gasteiger partial charge in [0.1, 0.15) is 7.05 Å². The van der Waals surface area contributed by atoms with Crippen molar-refractivity contribution in [1.29, 1.82) is 0 Å². The van der Waals surface area contributed by atoms with Crippen LogP contribution in [0.1, 0.15) is 58.2 Å². The molecule has 1 aromatic carbocycles. The quantitative estimate of drug-likeness (QED) is 0.646. The van der Waals surface area contributed by atoms with Crippen molar-refractivity contribution in [3.63, 3.8) is 0 Å². The van der Waals surface area contributed by atoms with E-state index in [1.54, 1.807) is 0 Å². The van der Waals surface area contributed by atoms with E-state index in [2.05, 4.69) is 96.6 Å². The summed E-state index contributed by atoms with van der Waals surface area (Å²) >= 11 is 0. The Bertz CT molecular complexity index is 682. The molecule has 22 heavy (non-hydrogen) atoms. The molecule has 2 aromatic rings. The third kappa shape index (κ3) is 3.40. The topological polar surface area (TPSA) is 3.88 Å². The first-order valence-corrected chi connectivity index (χ1v) is 8.12. The summed E-state index contributed by atoms with van der Waals surface area (Å²) in [6.45, 7) is 15.8. The van der Waals surface area contributed by atoms with Crippen LogP contribution in [0, 0.1) is 6.92 Å². The van der Waals surface area contributed by atoms with Crippen molar-refractivity contribution in [3.05, 3.63) is 53.2 Å². The Morgan fingerprint density at radius 2 is 1.32 bits per heavy atom. The van der Waals surface area contributed by atoms with Crippen LogP contribution in [0.15, 0.2) is 36.5 Å². The summed E-state index contributed by atoms with van der Waals surface area (Å²) in [6.07, 6.45) is 2.17. The van der Waals surface area contributed by atoms with Gasteiger partial charge < -0.3 is 0 Å². The predicted octanol–water partition coefficient (Wildman–Crippen LogP) is 5.08. The van der Waals surface area contributed by atoms with Crippen LogP contribution < -0.4 is 4.57 Å². The molecule has 0 N–H and O–H groups in total. The Hall–Kier alpha value is -1.63. The number of benzene rings is 1. The highest BCUT2D eigenvalue weighted by Gasteiger charge is 2.21. The van der Waals surface area contributed by atoms with Crippen molar-refractivity contribution < 1.29 is 4.57 Å². The van der Waals surface area contributed by atoms with Crippen molar-refractivity contribution >= 4 is 0 Å². The van der Waals surface area contributed by atoms with E-state index in [4.69, 9.17) is 0 Å². The van der Waals surface area contributed by atoms with Gasteiger partial charge in [-0.2, -0.15) is 0 Å². The fourth-order valence-corrected chi connectivity index (χ4v) is 2.72. The predicted molar refractivity (Wildman–Crippen MR) is 95.2 cm³/mol. The van der Waals surface area contributed by atoms with Crippen LogP contribution in [-0.4, -0.2) is 0 Å². The second-order valence-electron chi connectivity index (χ2n) is 8.44. The number of aromatic nitrogens is 1. The minimum Gasteiger partial charge on any atom is -0.201 e. The van der Waals surface area contributed by atoms with Gasteiger partial charge in [-0.15, -0.1) is 0 Å². The van der Waals surface area contributed by atoms with Crippen LogP contribution in [0.3, 0.4) is 0 Å². The molecule has 1 heterocycles. The molecule has 1 heteroatoms. The number of nitrogens with zero attached hydrogens (tertiary/aromatic N) is 1. The van der Waals surface area contributed by atoms with E-state index in [0.717, 1.165) is 0 Å². The maximum absolute atomic E-state index is 2.33. The highest BCUT2D eigenvalue weighted by atomic mass is 14.9. The first-order chi connectivity index (χ1) is 10.00. The molecule has 0 amide bonds. The van der Waals surface area contributed by atoms with E-state index in [-0.39, 0.29) is 10.8 Å². The normalized spacial score (nSPS) is 12.5. The first kappa shape index (κ1) is 16.7. The molecule has 0 radical (unpaired) electrons. The van der Waals surface area contributed by atoms with Crippen molar-refractivity contribution in [3.8, 4) is 11.3 Å². The third-order valence-corrected chi connectivity index (χ3v) is 4.38. The first-order valence-electron chi connectivity index (χ1n) is 8.12. The van der Waals surface area contributed by atoms with Gasteiger partial charge in [0.2, 0.25) is 5.69 Å². The molecule has 1 aromatic heterocycles. The van der Waals surface area contributed by atoms with Crippen molar-refractivity contribution in [2.45, 2.75) is 59.3 Å². The van der Waals surface area contributed by atoms with Gasteiger partial charge >= 0.3 is 0 Å². The molecule has 0 aliphatic rings. The summed E-state index contributed by atoms with van der Waals surface area (Å²) < 4.78 is 2.22. The molecule has 0 bridgehead atoms. The molecular formula is C21H30N+. The SMILES string of the molecule is Cc1cc(C(C)(C)C)ccc1-c1cc(C(C)(C)C)cc[n+]1C. The molecule has 0 aliphatic carbocycles. The van der Waals surface area contributed by atoms with E-state index < -0.39 is 0 Å². The summed E-state index contributed by atoms with van der Waals surface area (Å²) in [5.41, 5.74) is 7.07. The molecular weight excluding hydrogens is 266 g/mol. The lowest BCUT2D eigenvalue weighted by molar-refractivity contribution is -0.660. The van der Waals surface area contributed by atoms with Crippen LogP contribution in [0.25, 0.3) is 11.3 Å². The lowest BCUT2D eigenvalue weighted by atomic mass is 9.84. The number of hydrogen-bond acceptors (Lipinski definition) is 0. The minimum absolute atomic E-state index is 0.169. The fraction of sp³-hybridized carbons (Fsp3) is 0.476. The third-order valence-electron chi connectivity index (χ3n) is 4.38. The van der Waals surface area contributed by atoms with Gasteiger partial charge in [-0.05, 0) is 40.5 Å². The summed E-state index contributed by atoms with van der Waals surface area (Å²) in [5, 5.41) is 0. The second kappa shape index (κ2) is 5.53. The molecule has 118 valence electrons. The summed E-state index contributed by atoms with van der Waals surface area (Å²) in [6, 6.07) is 11.4. The Kier molecular flexibility index (Phi) is 4.21. The minimum atomic E-state index is 0.169. The van der Waals surface area contributed by atoms with Gasteiger partial charge in [0, 0.05) is 17.7 Å².